The summed E-state index contributed by atoms with van der Waals surface area (Å²) < 4.78 is 26.1. The Morgan fingerprint density at radius 1 is 1.42 bits per heavy atom. The standard InChI is InChI=1S/C8H6BrF2I/c1-4-2-5(12)3-6(7(4)9)8(10)11/h2-3,8H,1H3. The van der Waals surface area contributed by atoms with Crippen LogP contribution in [-0.4, -0.2) is 0 Å². The molecule has 0 heterocycles. The molecule has 0 N–H and O–H groups in total. The first-order valence-electron chi connectivity index (χ1n) is 3.26. The Morgan fingerprint density at radius 3 is 2.50 bits per heavy atom. The van der Waals surface area contributed by atoms with Gasteiger partial charge in [-0.15, -0.1) is 0 Å². The van der Waals surface area contributed by atoms with Gasteiger partial charge in [-0.1, -0.05) is 15.9 Å². The van der Waals surface area contributed by atoms with Crippen LogP contribution in [0.5, 0.6) is 0 Å². The second-order valence-electron chi connectivity index (χ2n) is 2.43. The molecule has 0 radical (unpaired) electrons. The molecule has 66 valence electrons. The zero-order chi connectivity index (χ0) is 9.30. The first kappa shape index (κ1) is 10.4. The van der Waals surface area contributed by atoms with Crippen molar-refractivity contribution in [2.45, 2.75) is 13.3 Å². The second-order valence-corrected chi connectivity index (χ2v) is 4.47. The molecule has 0 atom stereocenters. The van der Waals surface area contributed by atoms with E-state index in [1.54, 1.807) is 6.92 Å². The highest BCUT2D eigenvalue weighted by atomic mass is 127. The van der Waals surface area contributed by atoms with Crippen molar-refractivity contribution in [3.8, 4) is 0 Å². The van der Waals surface area contributed by atoms with Gasteiger partial charge in [0.15, 0.2) is 0 Å². The van der Waals surface area contributed by atoms with Gasteiger partial charge >= 0.3 is 0 Å². The second kappa shape index (κ2) is 4.00. The maximum absolute atomic E-state index is 12.4. The summed E-state index contributed by atoms with van der Waals surface area (Å²) in [4.78, 5) is 0. The molecule has 0 nitrogen and oxygen atoms in total. The topological polar surface area (TPSA) is 0 Å². The molecule has 0 fully saturated rings. The van der Waals surface area contributed by atoms with Crippen LogP contribution in [0.1, 0.15) is 17.6 Å². The van der Waals surface area contributed by atoms with E-state index in [1.807, 2.05) is 28.7 Å². The van der Waals surface area contributed by atoms with E-state index in [4.69, 9.17) is 0 Å². The van der Waals surface area contributed by atoms with E-state index in [-0.39, 0.29) is 5.56 Å². The van der Waals surface area contributed by atoms with Crippen LogP contribution < -0.4 is 0 Å². The number of hydrogen-bond donors (Lipinski definition) is 0. The van der Waals surface area contributed by atoms with Crippen molar-refractivity contribution < 1.29 is 8.78 Å². The fourth-order valence-electron chi connectivity index (χ4n) is 0.910. The molecule has 1 aromatic carbocycles. The Labute approximate surface area is 91.6 Å². The summed E-state index contributed by atoms with van der Waals surface area (Å²) in [6, 6.07) is 3.35. The highest BCUT2D eigenvalue weighted by molar-refractivity contribution is 14.1. The fraction of sp³-hybridized carbons (Fsp3) is 0.250. The minimum Gasteiger partial charge on any atom is -0.205 e. The SMILES string of the molecule is Cc1cc(I)cc(C(F)F)c1Br. The number of benzene rings is 1. The molecule has 0 saturated heterocycles. The molecule has 12 heavy (non-hydrogen) atoms. The number of halogens is 4. The molecular weight excluding hydrogens is 341 g/mol. The molecule has 0 saturated carbocycles. The number of hydrogen-bond acceptors (Lipinski definition) is 0. The normalized spacial score (nSPS) is 10.8. The van der Waals surface area contributed by atoms with Crippen LogP contribution in [0.3, 0.4) is 0 Å². The van der Waals surface area contributed by atoms with Crippen LogP contribution in [0.15, 0.2) is 16.6 Å². The van der Waals surface area contributed by atoms with Crippen molar-refractivity contribution in [3.63, 3.8) is 0 Å². The van der Waals surface area contributed by atoms with Crippen LogP contribution in [-0.2, 0) is 0 Å². The van der Waals surface area contributed by atoms with Crippen LogP contribution in [0.2, 0.25) is 0 Å². The van der Waals surface area contributed by atoms with Gasteiger partial charge < -0.3 is 0 Å². The van der Waals surface area contributed by atoms with Crippen LogP contribution in [0, 0.1) is 10.5 Å². The summed E-state index contributed by atoms with van der Waals surface area (Å²) in [7, 11) is 0. The first-order chi connectivity index (χ1) is 5.52. The van der Waals surface area contributed by atoms with E-state index in [2.05, 4.69) is 15.9 Å². The molecule has 0 aliphatic rings. The summed E-state index contributed by atoms with van der Waals surface area (Å²) in [5.41, 5.74) is 0.914. The minimum atomic E-state index is -2.41. The summed E-state index contributed by atoms with van der Waals surface area (Å²) in [5.74, 6) is 0. The lowest BCUT2D eigenvalue weighted by Gasteiger charge is -2.06. The minimum absolute atomic E-state index is 0.0689. The van der Waals surface area contributed by atoms with Crippen molar-refractivity contribution in [3.05, 3.63) is 31.3 Å². The van der Waals surface area contributed by atoms with Gasteiger partial charge in [0.05, 0.1) is 0 Å². The van der Waals surface area contributed by atoms with Crippen molar-refractivity contribution in [1.29, 1.82) is 0 Å². The van der Waals surface area contributed by atoms with Gasteiger partial charge in [-0.25, -0.2) is 8.78 Å². The van der Waals surface area contributed by atoms with Crippen molar-refractivity contribution in [1.82, 2.24) is 0 Å². The Bertz CT molecular complexity index is 299. The van der Waals surface area contributed by atoms with Crippen LogP contribution >= 0.6 is 38.5 Å². The molecule has 0 aliphatic carbocycles. The maximum Gasteiger partial charge on any atom is 0.264 e. The largest absolute Gasteiger partial charge is 0.264 e. The van der Waals surface area contributed by atoms with Crippen molar-refractivity contribution in [2.24, 2.45) is 0 Å². The fourth-order valence-corrected chi connectivity index (χ4v) is 2.11. The Morgan fingerprint density at radius 2 is 2.00 bits per heavy atom. The first-order valence-corrected chi connectivity index (χ1v) is 5.13. The zero-order valence-corrected chi connectivity index (χ0v) is 9.99. The highest BCUT2D eigenvalue weighted by Gasteiger charge is 2.13. The molecule has 0 aliphatic heterocycles. The highest BCUT2D eigenvalue weighted by Crippen LogP contribution is 2.31. The van der Waals surface area contributed by atoms with Crippen molar-refractivity contribution >= 4 is 38.5 Å². The van der Waals surface area contributed by atoms with E-state index in [0.29, 0.717) is 4.47 Å². The average Bonchev–Trinajstić information content (AvgIpc) is 1.96. The smallest absolute Gasteiger partial charge is 0.205 e. The number of rotatable bonds is 1. The van der Waals surface area contributed by atoms with E-state index < -0.39 is 6.43 Å². The molecule has 1 aromatic rings. The van der Waals surface area contributed by atoms with Gasteiger partial charge in [-0.2, -0.15) is 0 Å². The maximum atomic E-state index is 12.4. The van der Waals surface area contributed by atoms with Gasteiger partial charge in [0.25, 0.3) is 6.43 Å². The van der Waals surface area contributed by atoms with Gasteiger partial charge in [0.2, 0.25) is 0 Å². The lowest BCUT2D eigenvalue weighted by Crippen LogP contribution is -1.90. The molecule has 0 spiro atoms. The Hall–Kier alpha value is 0.290. The summed E-state index contributed by atoms with van der Waals surface area (Å²) in [6.07, 6.45) is -2.41. The quantitative estimate of drug-likeness (QED) is 0.665. The molecule has 0 bridgehead atoms. The Kier molecular flexibility index (Phi) is 3.46. The van der Waals surface area contributed by atoms with Gasteiger partial charge in [-0.05, 0) is 47.2 Å². The Balaban J connectivity index is 3.28. The monoisotopic (exact) mass is 346 g/mol. The molecule has 0 unspecified atom stereocenters. The van der Waals surface area contributed by atoms with E-state index in [0.717, 1.165) is 9.13 Å². The van der Waals surface area contributed by atoms with E-state index >= 15 is 0 Å². The molecule has 0 aromatic heterocycles. The third-order valence-corrected chi connectivity index (χ3v) is 3.19. The number of alkyl halides is 2. The molecule has 1 rings (SSSR count). The summed E-state index contributed by atoms with van der Waals surface area (Å²) in [6.45, 7) is 1.80. The summed E-state index contributed by atoms with van der Waals surface area (Å²) >= 11 is 5.16. The molecule has 0 amide bonds. The molecule has 4 heteroatoms. The lowest BCUT2D eigenvalue weighted by atomic mass is 10.1. The molecular formula is C8H6BrF2I. The van der Waals surface area contributed by atoms with E-state index in [1.165, 1.54) is 6.07 Å². The van der Waals surface area contributed by atoms with E-state index in [9.17, 15) is 8.78 Å². The van der Waals surface area contributed by atoms with Gasteiger partial charge in [0.1, 0.15) is 0 Å². The third kappa shape index (κ3) is 2.16. The predicted molar refractivity (Wildman–Crippen MR) is 56.6 cm³/mol. The average molecular weight is 347 g/mol. The van der Waals surface area contributed by atoms with Crippen LogP contribution in [0.4, 0.5) is 8.78 Å². The number of aryl methyl sites for hydroxylation is 1. The van der Waals surface area contributed by atoms with Crippen molar-refractivity contribution in [2.75, 3.05) is 0 Å². The van der Waals surface area contributed by atoms with Gasteiger partial charge in [-0.3, -0.25) is 0 Å². The lowest BCUT2D eigenvalue weighted by molar-refractivity contribution is 0.150. The third-order valence-electron chi connectivity index (χ3n) is 1.48. The zero-order valence-electron chi connectivity index (χ0n) is 6.24. The van der Waals surface area contributed by atoms with Gasteiger partial charge in [0, 0.05) is 13.6 Å². The van der Waals surface area contributed by atoms with Crippen LogP contribution in [0.25, 0.3) is 0 Å². The predicted octanol–water partition coefficient (Wildman–Crippen LogP) is 4.30. The summed E-state index contributed by atoms with van der Waals surface area (Å²) in [5, 5.41) is 0.